The van der Waals surface area contributed by atoms with Crippen molar-refractivity contribution in [2.45, 2.75) is 33.4 Å². The molecule has 0 fully saturated rings. The zero-order valence-corrected chi connectivity index (χ0v) is 12.6. The number of rotatable bonds is 5. The number of aryl methyl sites for hydroxylation is 1. The Bertz CT molecular complexity index is 552. The zero-order valence-electron chi connectivity index (χ0n) is 12.6. The molecule has 0 amide bonds. The second kappa shape index (κ2) is 6.37. The van der Waals surface area contributed by atoms with Gasteiger partial charge in [0, 0.05) is 31.4 Å². The summed E-state index contributed by atoms with van der Waals surface area (Å²) in [4.78, 5) is 11.1. The fourth-order valence-electron chi connectivity index (χ4n) is 2.01. The van der Waals surface area contributed by atoms with E-state index in [0.717, 1.165) is 18.1 Å². The average molecular weight is 270 g/mol. The number of aromatic nitrogens is 2. The SMILES string of the molecule is Cc1cc(N(C)Cc2ccccc2)nc(NC(C)C)n1. The van der Waals surface area contributed by atoms with Gasteiger partial charge in [-0.2, -0.15) is 4.98 Å². The third-order valence-electron chi connectivity index (χ3n) is 2.91. The fraction of sp³-hybridized carbons (Fsp3) is 0.375. The molecule has 4 nitrogen and oxygen atoms in total. The van der Waals surface area contributed by atoms with Gasteiger partial charge in [-0.25, -0.2) is 4.98 Å². The predicted molar refractivity (Wildman–Crippen MR) is 84.1 cm³/mol. The summed E-state index contributed by atoms with van der Waals surface area (Å²) in [5.41, 5.74) is 2.24. The second-order valence-electron chi connectivity index (χ2n) is 5.33. The van der Waals surface area contributed by atoms with Gasteiger partial charge in [-0.3, -0.25) is 0 Å². The van der Waals surface area contributed by atoms with Crippen LogP contribution in [0.3, 0.4) is 0 Å². The van der Waals surface area contributed by atoms with Gasteiger partial charge in [0.15, 0.2) is 0 Å². The van der Waals surface area contributed by atoms with E-state index < -0.39 is 0 Å². The predicted octanol–water partition coefficient (Wildman–Crippen LogP) is 3.24. The molecule has 0 bridgehead atoms. The molecule has 2 rings (SSSR count). The van der Waals surface area contributed by atoms with E-state index in [2.05, 4.69) is 58.3 Å². The molecule has 1 heterocycles. The number of nitrogens with one attached hydrogen (secondary N) is 1. The Labute approximate surface area is 120 Å². The topological polar surface area (TPSA) is 41.1 Å². The molecule has 1 aromatic heterocycles. The summed E-state index contributed by atoms with van der Waals surface area (Å²) < 4.78 is 0. The van der Waals surface area contributed by atoms with Crippen LogP contribution >= 0.6 is 0 Å². The minimum absolute atomic E-state index is 0.323. The third kappa shape index (κ3) is 3.95. The van der Waals surface area contributed by atoms with Crippen molar-refractivity contribution in [2.24, 2.45) is 0 Å². The van der Waals surface area contributed by atoms with Crippen LogP contribution in [0.15, 0.2) is 36.4 Å². The first-order chi connectivity index (χ1) is 9.54. The molecule has 0 atom stereocenters. The molecular formula is C16H22N4. The number of nitrogens with zero attached hydrogens (tertiary/aromatic N) is 3. The minimum Gasteiger partial charge on any atom is -0.355 e. The molecule has 20 heavy (non-hydrogen) atoms. The Morgan fingerprint density at radius 1 is 1.15 bits per heavy atom. The van der Waals surface area contributed by atoms with Gasteiger partial charge in [-0.15, -0.1) is 0 Å². The van der Waals surface area contributed by atoms with Crippen molar-refractivity contribution in [3.8, 4) is 0 Å². The van der Waals surface area contributed by atoms with E-state index in [1.165, 1.54) is 5.56 Å². The normalized spacial score (nSPS) is 10.7. The monoisotopic (exact) mass is 270 g/mol. The molecular weight excluding hydrogens is 248 g/mol. The molecule has 1 N–H and O–H groups in total. The number of hydrogen-bond donors (Lipinski definition) is 1. The molecule has 0 radical (unpaired) electrons. The summed E-state index contributed by atoms with van der Waals surface area (Å²) in [5.74, 6) is 1.62. The minimum atomic E-state index is 0.323. The molecule has 0 aliphatic heterocycles. The van der Waals surface area contributed by atoms with E-state index in [4.69, 9.17) is 0 Å². The standard InChI is InChI=1S/C16H22N4/c1-12(2)17-16-18-13(3)10-15(19-16)20(4)11-14-8-6-5-7-9-14/h5-10,12H,11H2,1-4H3,(H,17,18,19). The van der Waals surface area contributed by atoms with Crippen molar-refractivity contribution < 1.29 is 0 Å². The van der Waals surface area contributed by atoms with E-state index in [9.17, 15) is 0 Å². The highest BCUT2D eigenvalue weighted by molar-refractivity contribution is 5.45. The highest BCUT2D eigenvalue weighted by Gasteiger charge is 2.08. The smallest absolute Gasteiger partial charge is 0.225 e. The highest BCUT2D eigenvalue weighted by Crippen LogP contribution is 2.16. The number of anilines is 2. The first-order valence-corrected chi connectivity index (χ1v) is 6.92. The average Bonchev–Trinajstić information content (AvgIpc) is 2.38. The lowest BCUT2D eigenvalue weighted by molar-refractivity contribution is 0.850. The van der Waals surface area contributed by atoms with Crippen molar-refractivity contribution in [1.82, 2.24) is 9.97 Å². The van der Waals surface area contributed by atoms with Gasteiger partial charge in [0.1, 0.15) is 5.82 Å². The largest absolute Gasteiger partial charge is 0.355 e. The molecule has 2 aromatic rings. The van der Waals surface area contributed by atoms with Crippen LogP contribution in [-0.2, 0) is 6.54 Å². The first-order valence-electron chi connectivity index (χ1n) is 6.92. The summed E-state index contributed by atoms with van der Waals surface area (Å²) in [6.45, 7) is 6.99. The molecule has 4 heteroatoms. The lowest BCUT2D eigenvalue weighted by Gasteiger charge is -2.20. The fourth-order valence-corrected chi connectivity index (χ4v) is 2.01. The van der Waals surface area contributed by atoms with Gasteiger partial charge in [0.2, 0.25) is 5.95 Å². The molecule has 0 unspecified atom stereocenters. The Kier molecular flexibility index (Phi) is 4.56. The van der Waals surface area contributed by atoms with Crippen molar-refractivity contribution in [2.75, 3.05) is 17.3 Å². The van der Waals surface area contributed by atoms with Crippen LogP contribution in [0.2, 0.25) is 0 Å². The summed E-state index contributed by atoms with van der Waals surface area (Å²) in [6.07, 6.45) is 0. The van der Waals surface area contributed by atoms with Crippen LogP contribution in [0, 0.1) is 6.92 Å². The number of benzene rings is 1. The Morgan fingerprint density at radius 2 is 1.85 bits per heavy atom. The van der Waals surface area contributed by atoms with Gasteiger partial charge < -0.3 is 10.2 Å². The van der Waals surface area contributed by atoms with Crippen LogP contribution < -0.4 is 10.2 Å². The molecule has 1 aromatic carbocycles. The van der Waals surface area contributed by atoms with Crippen LogP contribution in [-0.4, -0.2) is 23.1 Å². The van der Waals surface area contributed by atoms with Crippen LogP contribution in [0.25, 0.3) is 0 Å². The summed E-state index contributed by atoms with van der Waals surface area (Å²) >= 11 is 0. The number of hydrogen-bond acceptors (Lipinski definition) is 4. The maximum Gasteiger partial charge on any atom is 0.225 e. The van der Waals surface area contributed by atoms with Gasteiger partial charge in [-0.05, 0) is 26.3 Å². The molecule has 106 valence electrons. The summed E-state index contributed by atoms with van der Waals surface area (Å²) in [6, 6.07) is 12.7. The van der Waals surface area contributed by atoms with Crippen molar-refractivity contribution in [3.05, 3.63) is 47.7 Å². The molecule has 0 saturated heterocycles. The lowest BCUT2D eigenvalue weighted by atomic mass is 10.2. The van der Waals surface area contributed by atoms with Gasteiger partial charge in [0.25, 0.3) is 0 Å². The van der Waals surface area contributed by atoms with E-state index >= 15 is 0 Å². The van der Waals surface area contributed by atoms with Crippen molar-refractivity contribution >= 4 is 11.8 Å². The molecule has 0 spiro atoms. The van der Waals surface area contributed by atoms with Crippen molar-refractivity contribution in [3.63, 3.8) is 0 Å². The summed E-state index contributed by atoms with van der Waals surface area (Å²) in [7, 11) is 2.05. The lowest BCUT2D eigenvalue weighted by Crippen LogP contribution is -2.20. The van der Waals surface area contributed by atoms with E-state index in [-0.39, 0.29) is 0 Å². The van der Waals surface area contributed by atoms with Crippen LogP contribution in [0.4, 0.5) is 11.8 Å². The quantitative estimate of drug-likeness (QED) is 0.905. The highest BCUT2D eigenvalue weighted by atomic mass is 15.2. The Hall–Kier alpha value is -2.10. The summed E-state index contributed by atoms with van der Waals surface area (Å²) in [5, 5.41) is 3.26. The van der Waals surface area contributed by atoms with E-state index in [0.29, 0.717) is 12.0 Å². The van der Waals surface area contributed by atoms with E-state index in [1.807, 2.05) is 26.1 Å². The van der Waals surface area contributed by atoms with Gasteiger partial charge in [-0.1, -0.05) is 30.3 Å². The van der Waals surface area contributed by atoms with Crippen LogP contribution in [0.1, 0.15) is 25.1 Å². The third-order valence-corrected chi connectivity index (χ3v) is 2.91. The second-order valence-corrected chi connectivity index (χ2v) is 5.33. The van der Waals surface area contributed by atoms with Gasteiger partial charge in [0.05, 0.1) is 0 Å². The zero-order chi connectivity index (χ0) is 14.5. The Balaban J connectivity index is 2.16. The van der Waals surface area contributed by atoms with Gasteiger partial charge >= 0.3 is 0 Å². The maximum atomic E-state index is 4.57. The molecule has 0 aliphatic rings. The van der Waals surface area contributed by atoms with E-state index in [1.54, 1.807) is 0 Å². The molecule has 0 aliphatic carbocycles. The maximum absolute atomic E-state index is 4.57. The first kappa shape index (κ1) is 14.3. The van der Waals surface area contributed by atoms with Crippen molar-refractivity contribution in [1.29, 1.82) is 0 Å². The Morgan fingerprint density at radius 3 is 2.50 bits per heavy atom. The van der Waals surface area contributed by atoms with Crippen LogP contribution in [0.5, 0.6) is 0 Å². The molecule has 0 saturated carbocycles.